The Kier molecular flexibility index (Phi) is 5.21. The van der Waals surface area contributed by atoms with E-state index in [0.717, 1.165) is 18.2 Å². The van der Waals surface area contributed by atoms with Crippen molar-refractivity contribution in [2.45, 2.75) is 11.3 Å². The zero-order valence-corrected chi connectivity index (χ0v) is 11.0. The quantitative estimate of drug-likeness (QED) is 0.431. The number of nitro benzene ring substituents is 1. The molecule has 0 bridgehead atoms. The Morgan fingerprint density at radius 3 is 2.74 bits per heavy atom. The second-order valence-corrected chi connectivity index (χ2v) is 5.42. The summed E-state index contributed by atoms with van der Waals surface area (Å²) in [6, 6.07) is 2.89. The van der Waals surface area contributed by atoms with Crippen LogP contribution >= 0.6 is 0 Å². The van der Waals surface area contributed by atoms with Crippen molar-refractivity contribution in [3.05, 3.63) is 28.3 Å². The van der Waals surface area contributed by atoms with Crippen LogP contribution in [0, 0.1) is 10.1 Å². The molecule has 0 aromatic heterocycles. The highest BCUT2D eigenvalue weighted by molar-refractivity contribution is 7.89. The predicted octanol–water partition coefficient (Wildman–Crippen LogP) is 0.615. The van der Waals surface area contributed by atoms with E-state index in [-0.39, 0.29) is 11.4 Å². The van der Waals surface area contributed by atoms with Gasteiger partial charge in [0.15, 0.2) is 5.75 Å². The van der Waals surface area contributed by atoms with Gasteiger partial charge in [0.05, 0.1) is 9.82 Å². The van der Waals surface area contributed by atoms with Crippen LogP contribution in [0.25, 0.3) is 0 Å². The lowest BCUT2D eigenvalue weighted by molar-refractivity contribution is -0.386. The zero-order valence-electron chi connectivity index (χ0n) is 10.2. The fourth-order valence-electron chi connectivity index (χ4n) is 1.32. The number of methoxy groups -OCH3 is 1. The lowest BCUT2D eigenvalue weighted by atomic mass is 10.3. The van der Waals surface area contributed by atoms with E-state index in [9.17, 15) is 23.6 Å². The maximum absolute atomic E-state index is 11.8. The van der Waals surface area contributed by atoms with Crippen molar-refractivity contribution in [1.82, 2.24) is 4.72 Å². The second-order valence-electron chi connectivity index (χ2n) is 3.65. The van der Waals surface area contributed by atoms with Crippen LogP contribution in [0.4, 0.5) is 5.69 Å². The Hall–Kier alpha value is -1.71. The van der Waals surface area contributed by atoms with Gasteiger partial charge in [-0.15, -0.1) is 0 Å². The van der Waals surface area contributed by atoms with Gasteiger partial charge in [0.1, 0.15) is 0 Å². The molecule has 0 aliphatic heterocycles. The molecule has 0 saturated carbocycles. The van der Waals surface area contributed by atoms with Gasteiger partial charge in [-0.3, -0.25) is 10.1 Å². The number of phenolic OH excluding ortho intramolecular Hbond substituents is 1. The van der Waals surface area contributed by atoms with Crippen LogP contribution in [0.15, 0.2) is 23.1 Å². The molecule has 0 fully saturated rings. The molecule has 8 nitrogen and oxygen atoms in total. The van der Waals surface area contributed by atoms with Crippen LogP contribution < -0.4 is 4.72 Å². The van der Waals surface area contributed by atoms with Crippen LogP contribution in [0.3, 0.4) is 0 Å². The number of sulfonamides is 1. The van der Waals surface area contributed by atoms with E-state index < -0.39 is 26.4 Å². The van der Waals surface area contributed by atoms with Crippen molar-refractivity contribution < 1.29 is 23.2 Å². The van der Waals surface area contributed by atoms with Crippen LogP contribution in [0.1, 0.15) is 6.42 Å². The molecule has 1 aromatic carbocycles. The Balaban J connectivity index is 2.89. The summed E-state index contributed by atoms with van der Waals surface area (Å²) in [5.41, 5.74) is -0.653. The van der Waals surface area contributed by atoms with Gasteiger partial charge in [-0.05, 0) is 18.6 Å². The lowest BCUT2D eigenvalue weighted by Crippen LogP contribution is -2.25. The van der Waals surface area contributed by atoms with Crippen LogP contribution in [-0.2, 0) is 14.8 Å². The maximum Gasteiger partial charge on any atom is 0.312 e. The first kappa shape index (κ1) is 15.3. The van der Waals surface area contributed by atoms with Crippen LogP contribution in [0.5, 0.6) is 5.75 Å². The predicted molar refractivity (Wildman–Crippen MR) is 66.4 cm³/mol. The topological polar surface area (TPSA) is 119 Å². The van der Waals surface area contributed by atoms with Gasteiger partial charge in [0, 0.05) is 26.3 Å². The van der Waals surface area contributed by atoms with Gasteiger partial charge in [-0.1, -0.05) is 0 Å². The summed E-state index contributed by atoms with van der Waals surface area (Å²) in [5, 5.41) is 19.9. The normalized spacial score (nSPS) is 11.4. The Labute approximate surface area is 110 Å². The molecule has 1 aromatic rings. The highest BCUT2D eigenvalue weighted by Crippen LogP contribution is 2.27. The van der Waals surface area contributed by atoms with Crippen molar-refractivity contribution in [3.8, 4) is 5.75 Å². The molecule has 0 aliphatic carbocycles. The van der Waals surface area contributed by atoms with E-state index in [1.807, 2.05) is 0 Å². The minimum atomic E-state index is -3.83. The number of phenols is 1. The molecule has 0 saturated heterocycles. The number of ether oxygens (including phenoxy) is 1. The van der Waals surface area contributed by atoms with Crippen LogP contribution in [0.2, 0.25) is 0 Å². The summed E-state index contributed by atoms with van der Waals surface area (Å²) >= 11 is 0. The molecule has 1 rings (SSSR count). The first-order valence-corrected chi connectivity index (χ1v) is 6.83. The molecule has 0 spiro atoms. The lowest BCUT2D eigenvalue weighted by Gasteiger charge is -2.06. The Morgan fingerprint density at radius 1 is 1.47 bits per heavy atom. The standard InChI is InChI=1S/C10H14N2O6S/c1-18-6-2-5-11-19(16,17)8-3-4-10(13)9(7-8)12(14)15/h3-4,7,11,13H,2,5-6H2,1H3. The largest absolute Gasteiger partial charge is 0.502 e. The third-order valence-electron chi connectivity index (χ3n) is 2.27. The number of aromatic hydroxyl groups is 1. The van der Waals surface area contributed by atoms with E-state index in [2.05, 4.69) is 4.72 Å². The third kappa shape index (κ3) is 4.16. The summed E-state index contributed by atoms with van der Waals surface area (Å²) < 4.78 is 30.7. The summed E-state index contributed by atoms with van der Waals surface area (Å²) in [6.45, 7) is 0.559. The number of hydrogen-bond acceptors (Lipinski definition) is 6. The van der Waals surface area contributed by atoms with Crippen molar-refractivity contribution >= 4 is 15.7 Å². The SMILES string of the molecule is COCCCNS(=O)(=O)c1ccc(O)c([N+](=O)[O-])c1. The number of rotatable bonds is 7. The highest BCUT2D eigenvalue weighted by atomic mass is 32.2. The highest BCUT2D eigenvalue weighted by Gasteiger charge is 2.20. The molecular weight excluding hydrogens is 276 g/mol. The number of hydrogen-bond donors (Lipinski definition) is 2. The summed E-state index contributed by atoms with van der Waals surface area (Å²) in [6.07, 6.45) is 0.482. The third-order valence-corrected chi connectivity index (χ3v) is 3.73. The smallest absolute Gasteiger partial charge is 0.312 e. The molecule has 0 atom stereocenters. The molecule has 0 aliphatic rings. The average molecular weight is 290 g/mol. The zero-order chi connectivity index (χ0) is 14.5. The van der Waals surface area contributed by atoms with Crippen molar-refractivity contribution in [1.29, 1.82) is 0 Å². The molecule has 0 heterocycles. The first-order valence-electron chi connectivity index (χ1n) is 5.34. The molecule has 2 N–H and O–H groups in total. The minimum Gasteiger partial charge on any atom is -0.502 e. The molecule has 0 unspecified atom stereocenters. The Morgan fingerprint density at radius 2 is 2.16 bits per heavy atom. The van der Waals surface area contributed by atoms with E-state index in [1.54, 1.807) is 0 Å². The van der Waals surface area contributed by atoms with Gasteiger partial charge in [-0.2, -0.15) is 0 Å². The van der Waals surface area contributed by atoms with Gasteiger partial charge in [0.25, 0.3) is 0 Å². The molecule has 9 heteroatoms. The number of nitro groups is 1. The van der Waals surface area contributed by atoms with Crippen LogP contribution in [-0.4, -0.2) is 38.7 Å². The van der Waals surface area contributed by atoms with Crippen molar-refractivity contribution in [2.24, 2.45) is 0 Å². The van der Waals surface area contributed by atoms with Crippen molar-refractivity contribution in [3.63, 3.8) is 0 Å². The van der Waals surface area contributed by atoms with Crippen molar-refractivity contribution in [2.75, 3.05) is 20.3 Å². The van der Waals surface area contributed by atoms with Gasteiger partial charge >= 0.3 is 5.69 Å². The molecule has 19 heavy (non-hydrogen) atoms. The van der Waals surface area contributed by atoms with Gasteiger partial charge in [0.2, 0.25) is 10.0 Å². The summed E-state index contributed by atoms with van der Waals surface area (Å²) in [4.78, 5) is 9.50. The molecule has 0 radical (unpaired) electrons. The number of benzene rings is 1. The fraction of sp³-hybridized carbons (Fsp3) is 0.400. The number of nitrogens with zero attached hydrogens (tertiary/aromatic N) is 1. The van der Waals surface area contributed by atoms with Gasteiger partial charge < -0.3 is 9.84 Å². The van der Waals surface area contributed by atoms with Gasteiger partial charge in [-0.25, -0.2) is 13.1 Å². The monoisotopic (exact) mass is 290 g/mol. The number of nitrogens with one attached hydrogen (secondary N) is 1. The minimum absolute atomic E-state index is 0.158. The fourth-order valence-corrected chi connectivity index (χ4v) is 2.42. The summed E-state index contributed by atoms with van der Waals surface area (Å²) in [5.74, 6) is -0.580. The first-order chi connectivity index (χ1) is 8.88. The molecule has 0 amide bonds. The average Bonchev–Trinajstić information content (AvgIpc) is 2.34. The van der Waals surface area contributed by atoms with E-state index in [0.29, 0.717) is 13.0 Å². The summed E-state index contributed by atoms with van der Waals surface area (Å²) in [7, 11) is -2.34. The Bertz CT molecular complexity index is 557. The van der Waals surface area contributed by atoms with E-state index >= 15 is 0 Å². The van der Waals surface area contributed by atoms with E-state index in [4.69, 9.17) is 4.74 Å². The molecular formula is C10H14N2O6S. The molecule has 106 valence electrons. The maximum atomic E-state index is 11.8. The van der Waals surface area contributed by atoms with E-state index in [1.165, 1.54) is 7.11 Å². The second kappa shape index (κ2) is 6.45.